The number of aryl methyl sites for hydroxylation is 2. The summed E-state index contributed by atoms with van der Waals surface area (Å²) in [5, 5.41) is 7.95. The molecule has 0 aliphatic heterocycles. The van der Waals surface area contributed by atoms with Gasteiger partial charge in [0.25, 0.3) is 0 Å². The second-order valence-electron chi connectivity index (χ2n) is 5.94. The minimum absolute atomic E-state index is 0.0314. The maximum absolute atomic E-state index is 12.0. The molecule has 8 heteroatoms. The van der Waals surface area contributed by atoms with Crippen LogP contribution in [-0.4, -0.2) is 26.6 Å². The van der Waals surface area contributed by atoms with Gasteiger partial charge in [0.1, 0.15) is 0 Å². The zero-order chi connectivity index (χ0) is 19.3. The zero-order valence-electron chi connectivity index (χ0n) is 14.6. The lowest BCUT2D eigenvalue weighted by atomic mass is 10.1. The summed E-state index contributed by atoms with van der Waals surface area (Å²) in [6.45, 7) is 4.54. The molecule has 0 aliphatic rings. The fraction of sp³-hybridized carbons (Fsp3) is 0.278. The van der Waals surface area contributed by atoms with Gasteiger partial charge in [-0.25, -0.2) is 13.6 Å². The number of amides is 1. The van der Waals surface area contributed by atoms with Crippen LogP contribution in [0.3, 0.4) is 0 Å². The molecule has 0 atom stereocenters. The van der Waals surface area contributed by atoms with E-state index >= 15 is 0 Å². The Morgan fingerprint density at radius 1 is 1.15 bits per heavy atom. The number of nitrogens with two attached hydrogens (primary N) is 1. The van der Waals surface area contributed by atoms with Crippen LogP contribution in [0.1, 0.15) is 16.7 Å². The van der Waals surface area contributed by atoms with E-state index in [4.69, 9.17) is 5.14 Å². The van der Waals surface area contributed by atoms with Gasteiger partial charge in [-0.2, -0.15) is 0 Å². The molecule has 2 aromatic rings. The van der Waals surface area contributed by atoms with Gasteiger partial charge in [0.2, 0.25) is 15.9 Å². The van der Waals surface area contributed by atoms with Gasteiger partial charge in [0.05, 0.1) is 10.6 Å². The molecule has 0 spiro atoms. The van der Waals surface area contributed by atoms with Crippen molar-refractivity contribution in [3.8, 4) is 0 Å². The van der Waals surface area contributed by atoms with Crippen molar-refractivity contribution in [2.75, 3.05) is 12.3 Å². The predicted octanol–water partition coefficient (Wildman–Crippen LogP) is 3.16. The summed E-state index contributed by atoms with van der Waals surface area (Å²) in [5.74, 6) is 0.322. The van der Waals surface area contributed by atoms with Crippen LogP contribution < -0.4 is 10.5 Å². The molecule has 5 nitrogen and oxygen atoms in total. The summed E-state index contributed by atoms with van der Waals surface area (Å²) in [6, 6.07) is 10.5. The highest BCUT2D eigenvalue weighted by atomic mass is 79.9. The largest absolute Gasteiger partial charge is 0.355 e. The normalized spacial score (nSPS) is 11.4. The number of sulfonamides is 1. The van der Waals surface area contributed by atoms with Crippen LogP contribution in [-0.2, 0) is 21.2 Å². The Labute approximate surface area is 166 Å². The molecule has 0 bridgehead atoms. The third-order valence-electron chi connectivity index (χ3n) is 3.80. The highest BCUT2D eigenvalue weighted by molar-refractivity contribution is 9.10. The second-order valence-corrected chi connectivity index (χ2v) is 9.38. The van der Waals surface area contributed by atoms with Crippen molar-refractivity contribution in [2.24, 2.45) is 5.14 Å². The maximum Gasteiger partial charge on any atom is 0.238 e. The highest BCUT2D eigenvalue weighted by Gasteiger charge is 2.08. The van der Waals surface area contributed by atoms with Gasteiger partial charge in [0, 0.05) is 15.9 Å². The van der Waals surface area contributed by atoms with E-state index < -0.39 is 10.0 Å². The Hall–Kier alpha value is -1.35. The van der Waals surface area contributed by atoms with Crippen molar-refractivity contribution < 1.29 is 13.2 Å². The predicted molar refractivity (Wildman–Crippen MR) is 109 cm³/mol. The van der Waals surface area contributed by atoms with Crippen molar-refractivity contribution in [2.45, 2.75) is 30.1 Å². The lowest BCUT2D eigenvalue weighted by Gasteiger charge is -2.09. The van der Waals surface area contributed by atoms with Gasteiger partial charge in [-0.3, -0.25) is 4.79 Å². The zero-order valence-corrected chi connectivity index (χ0v) is 17.8. The van der Waals surface area contributed by atoms with Crippen LogP contribution >= 0.6 is 27.7 Å². The Bertz CT molecular complexity index is 897. The number of rotatable bonds is 7. The van der Waals surface area contributed by atoms with E-state index in [-0.39, 0.29) is 10.8 Å². The number of nitrogens with one attached hydrogen (secondary N) is 1. The van der Waals surface area contributed by atoms with Crippen LogP contribution in [0.4, 0.5) is 0 Å². The molecule has 1 amide bonds. The molecule has 2 aromatic carbocycles. The summed E-state index contributed by atoms with van der Waals surface area (Å²) in [5.41, 5.74) is 3.21. The van der Waals surface area contributed by atoms with E-state index in [0.717, 1.165) is 26.1 Å². The van der Waals surface area contributed by atoms with Gasteiger partial charge in [-0.1, -0.05) is 28.1 Å². The fourth-order valence-corrected chi connectivity index (χ4v) is 4.21. The molecule has 0 saturated carbocycles. The molecule has 3 N–H and O–H groups in total. The first kappa shape index (κ1) is 21.0. The molecule has 0 unspecified atom stereocenters. The summed E-state index contributed by atoms with van der Waals surface area (Å²) >= 11 is 5.02. The van der Waals surface area contributed by atoms with Crippen molar-refractivity contribution >= 4 is 43.6 Å². The number of benzene rings is 2. The van der Waals surface area contributed by atoms with E-state index in [9.17, 15) is 13.2 Å². The van der Waals surface area contributed by atoms with Gasteiger partial charge >= 0.3 is 0 Å². The molecule has 0 saturated heterocycles. The van der Waals surface area contributed by atoms with Crippen LogP contribution in [0, 0.1) is 13.8 Å². The smallest absolute Gasteiger partial charge is 0.238 e. The minimum atomic E-state index is -3.67. The van der Waals surface area contributed by atoms with Crippen LogP contribution in [0.15, 0.2) is 50.7 Å². The Kier molecular flexibility index (Phi) is 7.28. The molecule has 140 valence electrons. The maximum atomic E-state index is 12.0. The fourth-order valence-electron chi connectivity index (χ4n) is 2.30. The standard InChI is InChI=1S/C18H21BrN2O3S2/c1-12-10-17(13(2)9-16(12)19)25-11-18(22)21-8-7-14-3-5-15(6-4-14)26(20,23)24/h3-6,9-10H,7-8,11H2,1-2H3,(H,21,22)(H2,20,23,24). The highest BCUT2D eigenvalue weighted by Crippen LogP contribution is 2.28. The van der Waals surface area contributed by atoms with Gasteiger partial charge < -0.3 is 5.32 Å². The van der Waals surface area contributed by atoms with Gasteiger partial charge in [0.15, 0.2) is 0 Å². The Morgan fingerprint density at radius 2 is 1.81 bits per heavy atom. The SMILES string of the molecule is Cc1cc(SCC(=O)NCCc2ccc(S(N)(=O)=O)cc2)c(C)cc1Br. The molecule has 0 radical (unpaired) electrons. The van der Waals surface area contributed by atoms with Crippen LogP contribution in [0.2, 0.25) is 0 Å². The molecule has 0 heterocycles. The molecule has 0 fully saturated rings. The number of thioether (sulfide) groups is 1. The number of hydrogen-bond acceptors (Lipinski definition) is 4. The first-order valence-corrected chi connectivity index (χ1v) is 11.3. The summed E-state index contributed by atoms with van der Waals surface area (Å²) in [6.07, 6.45) is 0.623. The van der Waals surface area contributed by atoms with E-state index in [1.807, 2.05) is 13.8 Å². The molecule has 0 aliphatic carbocycles. The average molecular weight is 457 g/mol. The average Bonchev–Trinajstić information content (AvgIpc) is 2.56. The number of primary sulfonamides is 1. The van der Waals surface area contributed by atoms with E-state index in [0.29, 0.717) is 18.7 Å². The number of halogens is 1. The topological polar surface area (TPSA) is 89.3 Å². The van der Waals surface area contributed by atoms with Crippen LogP contribution in [0.25, 0.3) is 0 Å². The number of carbonyl (C=O) groups excluding carboxylic acids is 1. The van der Waals surface area contributed by atoms with E-state index in [2.05, 4.69) is 33.4 Å². The summed E-state index contributed by atoms with van der Waals surface area (Å²) in [7, 11) is -3.67. The third-order valence-corrected chi connectivity index (χ3v) is 6.74. The first-order valence-electron chi connectivity index (χ1n) is 7.95. The monoisotopic (exact) mass is 456 g/mol. The van der Waals surface area contributed by atoms with Crippen molar-refractivity contribution in [1.82, 2.24) is 5.32 Å². The second kappa shape index (κ2) is 9.03. The lowest BCUT2D eigenvalue weighted by molar-refractivity contribution is -0.118. The third kappa shape index (κ3) is 6.12. The minimum Gasteiger partial charge on any atom is -0.355 e. The lowest BCUT2D eigenvalue weighted by Crippen LogP contribution is -2.27. The van der Waals surface area contributed by atoms with E-state index in [1.165, 1.54) is 23.9 Å². The quantitative estimate of drug-likeness (QED) is 0.626. The van der Waals surface area contributed by atoms with Crippen molar-refractivity contribution in [3.63, 3.8) is 0 Å². The summed E-state index contributed by atoms with van der Waals surface area (Å²) in [4.78, 5) is 13.2. The molecular weight excluding hydrogens is 436 g/mol. The Balaban J connectivity index is 1.80. The number of hydrogen-bond donors (Lipinski definition) is 2. The molecule has 2 rings (SSSR count). The molecule has 0 aromatic heterocycles. The summed E-state index contributed by atoms with van der Waals surface area (Å²) < 4.78 is 23.5. The first-order chi connectivity index (χ1) is 12.2. The van der Waals surface area contributed by atoms with Gasteiger partial charge in [-0.15, -0.1) is 11.8 Å². The van der Waals surface area contributed by atoms with Gasteiger partial charge in [-0.05, 0) is 61.2 Å². The van der Waals surface area contributed by atoms with E-state index in [1.54, 1.807) is 12.1 Å². The van der Waals surface area contributed by atoms with Crippen molar-refractivity contribution in [3.05, 3.63) is 57.6 Å². The van der Waals surface area contributed by atoms with Crippen LogP contribution in [0.5, 0.6) is 0 Å². The molecular formula is C18H21BrN2O3S2. The van der Waals surface area contributed by atoms with Crippen molar-refractivity contribution in [1.29, 1.82) is 0 Å². The number of carbonyl (C=O) groups is 1. The Morgan fingerprint density at radius 3 is 2.42 bits per heavy atom. The molecule has 26 heavy (non-hydrogen) atoms.